The van der Waals surface area contributed by atoms with Crippen molar-refractivity contribution in [3.8, 4) is 11.3 Å². The van der Waals surface area contributed by atoms with Gasteiger partial charge in [0, 0.05) is 31.3 Å². The molecule has 1 saturated heterocycles. The molecule has 1 aliphatic heterocycles. The molecule has 0 spiro atoms. The predicted octanol–water partition coefficient (Wildman–Crippen LogP) is 4.98. The van der Waals surface area contributed by atoms with E-state index in [0.717, 1.165) is 17.7 Å². The van der Waals surface area contributed by atoms with Gasteiger partial charge in [0.1, 0.15) is 0 Å². The van der Waals surface area contributed by atoms with E-state index < -0.39 is 0 Å². The Kier molecular flexibility index (Phi) is 5.34. The number of carbonyl (C=O) groups excluding carboxylic acids is 2. The molecular formula is C25H22ClN5O2. The molecule has 4 aromatic rings. The molecular weight excluding hydrogens is 438 g/mol. The standard InChI is InChI=1S/C25H22ClN5O2/c1-15-23-18(14-20(16-7-4-3-5-8-16)28-24(23)30(2)29-15)25(33)27-17-10-11-21(19(26)13-17)31-12-6-9-22(31)32/h3-5,7-8,10-11,13-14H,6,9,12H2,1-2H3,(H,27,33). The van der Waals surface area contributed by atoms with Crippen LogP contribution >= 0.6 is 11.6 Å². The second-order valence-electron chi connectivity index (χ2n) is 8.10. The van der Waals surface area contributed by atoms with E-state index in [4.69, 9.17) is 16.6 Å². The van der Waals surface area contributed by atoms with Crippen molar-refractivity contribution >= 4 is 45.8 Å². The number of halogens is 1. The summed E-state index contributed by atoms with van der Waals surface area (Å²) in [6.45, 7) is 2.52. The van der Waals surface area contributed by atoms with E-state index in [1.54, 1.807) is 33.8 Å². The lowest BCUT2D eigenvalue weighted by atomic mass is 10.0. The average Bonchev–Trinajstić information content (AvgIpc) is 3.36. The van der Waals surface area contributed by atoms with Gasteiger partial charge in [-0.15, -0.1) is 0 Å². The van der Waals surface area contributed by atoms with Crippen LogP contribution in [0, 0.1) is 6.92 Å². The number of anilines is 2. The predicted molar refractivity (Wildman–Crippen MR) is 130 cm³/mol. The quantitative estimate of drug-likeness (QED) is 0.467. The monoisotopic (exact) mass is 459 g/mol. The van der Waals surface area contributed by atoms with Crippen LogP contribution in [0.25, 0.3) is 22.3 Å². The fourth-order valence-corrected chi connectivity index (χ4v) is 4.57. The summed E-state index contributed by atoms with van der Waals surface area (Å²) in [6.07, 6.45) is 1.35. The van der Waals surface area contributed by atoms with Crippen LogP contribution < -0.4 is 10.2 Å². The van der Waals surface area contributed by atoms with Gasteiger partial charge in [-0.1, -0.05) is 41.9 Å². The zero-order chi connectivity index (χ0) is 23.1. The Morgan fingerprint density at radius 1 is 1.12 bits per heavy atom. The fraction of sp³-hybridized carbons (Fsp3) is 0.200. The summed E-state index contributed by atoms with van der Waals surface area (Å²) in [6, 6.07) is 16.7. The second kappa shape index (κ2) is 8.33. The van der Waals surface area contributed by atoms with E-state index in [1.165, 1.54) is 0 Å². The third kappa shape index (κ3) is 3.85. The number of pyridine rings is 1. The van der Waals surface area contributed by atoms with Crippen molar-refractivity contribution < 1.29 is 9.59 Å². The lowest BCUT2D eigenvalue weighted by molar-refractivity contribution is -0.117. The first-order valence-electron chi connectivity index (χ1n) is 10.7. The Labute approximate surface area is 196 Å². The molecule has 3 heterocycles. The van der Waals surface area contributed by atoms with Gasteiger partial charge in [0.2, 0.25) is 5.91 Å². The molecule has 33 heavy (non-hydrogen) atoms. The van der Waals surface area contributed by atoms with Gasteiger partial charge in [0.15, 0.2) is 5.65 Å². The van der Waals surface area contributed by atoms with E-state index in [9.17, 15) is 9.59 Å². The summed E-state index contributed by atoms with van der Waals surface area (Å²) >= 11 is 6.46. The maximum Gasteiger partial charge on any atom is 0.256 e. The highest BCUT2D eigenvalue weighted by atomic mass is 35.5. The minimum absolute atomic E-state index is 0.0633. The Morgan fingerprint density at radius 3 is 2.61 bits per heavy atom. The molecule has 2 amide bonds. The lowest BCUT2D eigenvalue weighted by Gasteiger charge is -2.18. The molecule has 5 rings (SSSR count). The molecule has 8 heteroatoms. The third-order valence-corrected chi connectivity index (χ3v) is 6.16. The van der Waals surface area contributed by atoms with Crippen LogP contribution in [0.5, 0.6) is 0 Å². The van der Waals surface area contributed by atoms with Gasteiger partial charge in [-0.05, 0) is 37.6 Å². The van der Waals surface area contributed by atoms with Crippen molar-refractivity contribution in [3.63, 3.8) is 0 Å². The molecule has 166 valence electrons. The average molecular weight is 460 g/mol. The number of nitrogens with one attached hydrogen (secondary N) is 1. The lowest BCUT2D eigenvalue weighted by Crippen LogP contribution is -2.24. The number of benzene rings is 2. The van der Waals surface area contributed by atoms with Crippen molar-refractivity contribution in [2.75, 3.05) is 16.8 Å². The number of hydrogen-bond acceptors (Lipinski definition) is 4. The number of aryl methyl sites for hydroxylation is 2. The molecule has 1 aliphatic rings. The van der Waals surface area contributed by atoms with E-state index in [0.29, 0.717) is 51.7 Å². The summed E-state index contributed by atoms with van der Waals surface area (Å²) in [5.41, 5.74) is 4.67. The highest BCUT2D eigenvalue weighted by molar-refractivity contribution is 6.34. The van der Waals surface area contributed by atoms with Crippen LogP contribution in [-0.4, -0.2) is 33.1 Å². The topological polar surface area (TPSA) is 80.1 Å². The van der Waals surface area contributed by atoms with Crippen LogP contribution in [-0.2, 0) is 11.8 Å². The van der Waals surface area contributed by atoms with Gasteiger partial charge in [-0.25, -0.2) is 4.98 Å². The number of nitrogens with zero attached hydrogens (tertiary/aromatic N) is 4. The van der Waals surface area contributed by atoms with Crippen LogP contribution in [0.1, 0.15) is 28.9 Å². The van der Waals surface area contributed by atoms with E-state index in [-0.39, 0.29) is 11.8 Å². The van der Waals surface area contributed by atoms with Crippen molar-refractivity contribution in [2.24, 2.45) is 7.05 Å². The fourth-order valence-electron chi connectivity index (χ4n) is 4.29. The zero-order valence-corrected chi connectivity index (χ0v) is 19.1. The minimum Gasteiger partial charge on any atom is -0.322 e. The Bertz CT molecular complexity index is 1400. The first kappa shape index (κ1) is 21.2. The van der Waals surface area contributed by atoms with Crippen LogP contribution in [0.15, 0.2) is 54.6 Å². The van der Waals surface area contributed by atoms with Gasteiger partial charge in [0.05, 0.1) is 33.0 Å². The maximum atomic E-state index is 13.4. The highest BCUT2D eigenvalue weighted by Gasteiger charge is 2.24. The number of hydrogen-bond donors (Lipinski definition) is 1. The number of carbonyl (C=O) groups is 2. The van der Waals surface area contributed by atoms with Gasteiger partial charge < -0.3 is 10.2 Å². The number of rotatable bonds is 4. The summed E-state index contributed by atoms with van der Waals surface area (Å²) < 4.78 is 1.69. The van der Waals surface area contributed by atoms with E-state index in [1.807, 2.05) is 44.3 Å². The number of amides is 2. The molecule has 2 aromatic carbocycles. The Hall–Kier alpha value is -3.71. The van der Waals surface area contributed by atoms with Gasteiger partial charge in [-0.3, -0.25) is 14.3 Å². The smallest absolute Gasteiger partial charge is 0.256 e. The van der Waals surface area contributed by atoms with Gasteiger partial charge >= 0.3 is 0 Å². The number of aromatic nitrogens is 3. The summed E-state index contributed by atoms with van der Waals surface area (Å²) in [4.78, 5) is 31.9. The molecule has 0 radical (unpaired) electrons. The van der Waals surface area contributed by atoms with Crippen LogP contribution in [0.4, 0.5) is 11.4 Å². The van der Waals surface area contributed by atoms with E-state index >= 15 is 0 Å². The molecule has 0 saturated carbocycles. The SMILES string of the molecule is Cc1nn(C)c2nc(-c3ccccc3)cc(C(=O)Nc3ccc(N4CCCC4=O)c(Cl)c3)c12. The van der Waals surface area contributed by atoms with Crippen LogP contribution in [0.2, 0.25) is 5.02 Å². The first-order chi connectivity index (χ1) is 15.9. The molecule has 0 aliphatic carbocycles. The van der Waals surface area contributed by atoms with Crippen molar-refractivity contribution in [3.05, 3.63) is 70.9 Å². The maximum absolute atomic E-state index is 13.4. The summed E-state index contributed by atoms with van der Waals surface area (Å²) in [5, 5.41) is 8.54. The Morgan fingerprint density at radius 2 is 1.91 bits per heavy atom. The van der Waals surface area contributed by atoms with Crippen molar-refractivity contribution in [2.45, 2.75) is 19.8 Å². The Balaban J connectivity index is 1.52. The second-order valence-corrected chi connectivity index (χ2v) is 8.51. The minimum atomic E-state index is -0.281. The molecule has 0 bridgehead atoms. The van der Waals surface area contributed by atoms with Crippen LogP contribution in [0.3, 0.4) is 0 Å². The molecule has 1 N–H and O–H groups in total. The highest BCUT2D eigenvalue weighted by Crippen LogP contribution is 2.32. The first-order valence-corrected chi connectivity index (χ1v) is 11.1. The molecule has 1 fully saturated rings. The molecule has 2 aromatic heterocycles. The zero-order valence-electron chi connectivity index (χ0n) is 18.3. The largest absolute Gasteiger partial charge is 0.322 e. The van der Waals surface area contributed by atoms with Crippen molar-refractivity contribution in [1.82, 2.24) is 14.8 Å². The van der Waals surface area contributed by atoms with Crippen molar-refractivity contribution in [1.29, 1.82) is 0 Å². The summed E-state index contributed by atoms with van der Waals surface area (Å²) in [5.74, 6) is -0.217. The molecule has 0 atom stereocenters. The van der Waals surface area contributed by atoms with Gasteiger partial charge in [0.25, 0.3) is 5.91 Å². The number of fused-ring (bicyclic) bond motifs is 1. The summed E-state index contributed by atoms with van der Waals surface area (Å²) in [7, 11) is 1.82. The normalized spacial score (nSPS) is 13.7. The van der Waals surface area contributed by atoms with E-state index in [2.05, 4.69) is 10.4 Å². The third-order valence-electron chi connectivity index (χ3n) is 5.85. The molecule has 7 nitrogen and oxygen atoms in total. The molecule has 0 unspecified atom stereocenters. The van der Waals surface area contributed by atoms with Gasteiger partial charge in [-0.2, -0.15) is 5.10 Å².